The molecule has 0 aliphatic carbocycles. The third-order valence-corrected chi connectivity index (χ3v) is 3.59. The first-order chi connectivity index (χ1) is 9.51. The lowest BCUT2D eigenvalue weighted by molar-refractivity contribution is 0.112. The van der Waals surface area contributed by atoms with E-state index in [1.54, 1.807) is 29.1 Å². The molecule has 2 aromatic rings. The number of aromatic nitrogens is 2. The van der Waals surface area contributed by atoms with E-state index >= 15 is 0 Å². The highest BCUT2D eigenvalue weighted by Crippen LogP contribution is 2.31. The Morgan fingerprint density at radius 3 is 2.70 bits per heavy atom. The molecule has 0 unspecified atom stereocenters. The SMILES string of the molecule is CC(C)CCn1cc(C=O)c(-c2ccc(Cl)cc2Cl)n1. The number of benzene rings is 1. The molecule has 0 saturated heterocycles. The van der Waals surface area contributed by atoms with E-state index in [1.807, 2.05) is 0 Å². The summed E-state index contributed by atoms with van der Waals surface area (Å²) >= 11 is 12.1. The number of carbonyl (C=O) groups excluding carboxylic acids is 1. The summed E-state index contributed by atoms with van der Waals surface area (Å²) < 4.78 is 1.80. The van der Waals surface area contributed by atoms with Crippen LogP contribution in [-0.4, -0.2) is 16.1 Å². The van der Waals surface area contributed by atoms with Gasteiger partial charge in [0.05, 0.1) is 10.6 Å². The fourth-order valence-corrected chi connectivity index (χ4v) is 2.42. The Kier molecular flexibility index (Phi) is 4.84. The number of halogens is 2. The van der Waals surface area contributed by atoms with Crippen LogP contribution in [0.2, 0.25) is 10.0 Å². The number of aryl methyl sites for hydroxylation is 1. The molecule has 0 fully saturated rings. The summed E-state index contributed by atoms with van der Waals surface area (Å²) in [6, 6.07) is 5.18. The van der Waals surface area contributed by atoms with Crippen LogP contribution in [0.25, 0.3) is 11.3 Å². The summed E-state index contributed by atoms with van der Waals surface area (Å²) in [5.41, 5.74) is 1.87. The fraction of sp³-hybridized carbons (Fsp3) is 0.333. The predicted octanol–water partition coefficient (Wildman–Crippen LogP) is 4.72. The minimum Gasteiger partial charge on any atom is -0.298 e. The summed E-state index contributed by atoms with van der Waals surface area (Å²) in [7, 11) is 0. The number of aldehydes is 1. The Morgan fingerprint density at radius 2 is 2.10 bits per heavy atom. The first-order valence-electron chi connectivity index (χ1n) is 6.49. The first kappa shape index (κ1) is 15.1. The second kappa shape index (κ2) is 6.42. The normalized spacial score (nSPS) is 11.1. The van der Waals surface area contributed by atoms with E-state index in [0.717, 1.165) is 24.8 Å². The fourth-order valence-electron chi connectivity index (χ4n) is 1.92. The van der Waals surface area contributed by atoms with Crippen LogP contribution >= 0.6 is 23.2 Å². The zero-order valence-electron chi connectivity index (χ0n) is 11.4. The molecule has 2 rings (SSSR count). The average molecular weight is 311 g/mol. The van der Waals surface area contributed by atoms with Crippen molar-refractivity contribution in [2.24, 2.45) is 5.92 Å². The third-order valence-electron chi connectivity index (χ3n) is 3.04. The van der Waals surface area contributed by atoms with E-state index in [9.17, 15) is 4.79 Å². The third kappa shape index (κ3) is 3.41. The van der Waals surface area contributed by atoms with Gasteiger partial charge in [0.15, 0.2) is 6.29 Å². The van der Waals surface area contributed by atoms with Gasteiger partial charge in [0, 0.05) is 23.3 Å². The highest BCUT2D eigenvalue weighted by molar-refractivity contribution is 6.36. The number of rotatable bonds is 5. The van der Waals surface area contributed by atoms with Crippen molar-refractivity contribution in [2.75, 3.05) is 0 Å². The van der Waals surface area contributed by atoms with E-state index in [-0.39, 0.29) is 0 Å². The zero-order chi connectivity index (χ0) is 14.7. The van der Waals surface area contributed by atoms with Crippen LogP contribution in [0.5, 0.6) is 0 Å². The molecule has 1 aromatic carbocycles. The first-order valence-corrected chi connectivity index (χ1v) is 7.25. The molecule has 20 heavy (non-hydrogen) atoms. The van der Waals surface area contributed by atoms with Gasteiger partial charge in [-0.25, -0.2) is 0 Å². The molecule has 0 bridgehead atoms. The summed E-state index contributed by atoms with van der Waals surface area (Å²) in [6.45, 7) is 5.09. The van der Waals surface area contributed by atoms with Gasteiger partial charge in [-0.2, -0.15) is 5.10 Å². The highest BCUT2D eigenvalue weighted by Gasteiger charge is 2.14. The molecule has 0 aliphatic heterocycles. The minimum atomic E-state index is 0.495. The van der Waals surface area contributed by atoms with Gasteiger partial charge in [-0.1, -0.05) is 37.0 Å². The van der Waals surface area contributed by atoms with Crippen molar-refractivity contribution < 1.29 is 4.79 Å². The van der Waals surface area contributed by atoms with Crippen molar-refractivity contribution in [3.8, 4) is 11.3 Å². The molecule has 0 spiro atoms. The summed E-state index contributed by atoms with van der Waals surface area (Å²) in [5.74, 6) is 0.585. The molecule has 0 N–H and O–H groups in total. The summed E-state index contributed by atoms with van der Waals surface area (Å²) in [6.07, 6.45) is 3.57. The molecule has 5 heteroatoms. The maximum Gasteiger partial charge on any atom is 0.153 e. The Bertz CT molecular complexity index is 620. The Hall–Kier alpha value is -1.32. The predicted molar refractivity (Wildman–Crippen MR) is 82.5 cm³/mol. The monoisotopic (exact) mass is 310 g/mol. The van der Waals surface area contributed by atoms with Crippen molar-refractivity contribution in [1.29, 1.82) is 0 Å². The number of carbonyl (C=O) groups is 1. The van der Waals surface area contributed by atoms with E-state index in [0.29, 0.717) is 27.2 Å². The van der Waals surface area contributed by atoms with Crippen molar-refractivity contribution in [3.05, 3.63) is 40.0 Å². The Labute approximate surface area is 128 Å². The highest BCUT2D eigenvalue weighted by atomic mass is 35.5. The molecular formula is C15H16Cl2N2O. The van der Waals surface area contributed by atoms with Gasteiger partial charge in [-0.3, -0.25) is 9.48 Å². The van der Waals surface area contributed by atoms with Crippen molar-refractivity contribution >= 4 is 29.5 Å². The van der Waals surface area contributed by atoms with Gasteiger partial charge >= 0.3 is 0 Å². The van der Waals surface area contributed by atoms with Crippen LogP contribution in [0.3, 0.4) is 0 Å². The largest absolute Gasteiger partial charge is 0.298 e. The van der Waals surface area contributed by atoms with E-state index in [4.69, 9.17) is 23.2 Å². The van der Waals surface area contributed by atoms with Crippen LogP contribution in [-0.2, 0) is 6.54 Å². The van der Waals surface area contributed by atoms with Crippen molar-refractivity contribution in [3.63, 3.8) is 0 Å². The van der Waals surface area contributed by atoms with Crippen LogP contribution in [0.4, 0.5) is 0 Å². The second-order valence-electron chi connectivity index (χ2n) is 5.12. The molecule has 0 saturated carbocycles. The zero-order valence-corrected chi connectivity index (χ0v) is 12.9. The molecule has 1 aromatic heterocycles. The maximum atomic E-state index is 11.2. The molecule has 3 nitrogen and oxygen atoms in total. The molecule has 1 heterocycles. The topological polar surface area (TPSA) is 34.9 Å². The van der Waals surface area contributed by atoms with Crippen molar-refractivity contribution in [2.45, 2.75) is 26.8 Å². The van der Waals surface area contributed by atoms with Gasteiger partial charge in [0.1, 0.15) is 5.69 Å². The minimum absolute atomic E-state index is 0.495. The smallest absolute Gasteiger partial charge is 0.153 e. The van der Waals surface area contributed by atoms with E-state index < -0.39 is 0 Å². The second-order valence-corrected chi connectivity index (χ2v) is 5.96. The van der Waals surface area contributed by atoms with E-state index in [2.05, 4.69) is 18.9 Å². The van der Waals surface area contributed by atoms with Gasteiger partial charge in [0.25, 0.3) is 0 Å². The van der Waals surface area contributed by atoms with Gasteiger partial charge in [-0.15, -0.1) is 0 Å². The lowest BCUT2D eigenvalue weighted by Crippen LogP contribution is -2.02. The van der Waals surface area contributed by atoms with Gasteiger partial charge in [0.2, 0.25) is 0 Å². The lowest BCUT2D eigenvalue weighted by atomic mass is 10.1. The Balaban J connectivity index is 2.37. The van der Waals surface area contributed by atoms with Gasteiger partial charge in [-0.05, 0) is 30.5 Å². The molecule has 0 amide bonds. The number of hydrogen-bond acceptors (Lipinski definition) is 2. The number of hydrogen-bond donors (Lipinski definition) is 0. The van der Waals surface area contributed by atoms with Crippen LogP contribution in [0, 0.1) is 5.92 Å². The molecule has 0 atom stereocenters. The summed E-state index contributed by atoms with van der Waals surface area (Å²) in [5, 5.41) is 5.53. The summed E-state index contributed by atoms with van der Waals surface area (Å²) in [4.78, 5) is 11.2. The standard InChI is InChI=1S/C15H16Cl2N2O/c1-10(2)5-6-19-8-11(9-20)15(18-19)13-4-3-12(16)7-14(13)17/h3-4,7-10H,5-6H2,1-2H3. The quantitative estimate of drug-likeness (QED) is 0.749. The van der Waals surface area contributed by atoms with Crippen LogP contribution < -0.4 is 0 Å². The molecule has 0 aliphatic rings. The number of nitrogens with zero attached hydrogens (tertiary/aromatic N) is 2. The van der Waals surface area contributed by atoms with Crippen LogP contribution in [0.15, 0.2) is 24.4 Å². The Morgan fingerprint density at radius 1 is 1.35 bits per heavy atom. The van der Waals surface area contributed by atoms with Gasteiger partial charge < -0.3 is 0 Å². The average Bonchev–Trinajstić information content (AvgIpc) is 2.79. The molecule has 0 radical (unpaired) electrons. The van der Waals surface area contributed by atoms with Crippen molar-refractivity contribution in [1.82, 2.24) is 9.78 Å². The maximum absolute atomic E-state index is 11.2. The van der Waals surface area contributed by atoms with Crippen LogP contribution in [0.1, 0.15) is 30.6 Å². The molecule has 106 valence electrons. The van der Waals surface area contributed by atoms with E-state index in [1.165, 1.54) is 0 Å². The molecular weight excluding hydrogens is 295 g/mol. The lowest BCUT2D eigenvalue weighted by Gasteiger charge is -2.04.